The van der Waals surface area contributed by atoms with Gasteiger partial charge in [-0.25, -0.2) is 4.98 Å². The molecule has 2 amide bonds. The van der Waals surface area contributed by atoms with Crippen LogP contribution in [0.25, 0.3) is 10.2 Å². The molecule has 0 aliphatic rings. The molecule has 8 nitrogen and oxygen atoms in total. The van der Waals surface area contributed by atoms with E-state index in [4.69, 9.17) is 0 Å². The number of nitrogens with zero attached hydrogens (tertiary/aromatic N) is 2. The number of anilines is 4. The smallest absolute Gasteiger partial charge is 0.266 e. The molecule has 0 aliphatic heterocycles. The van der Waals surface area contributed by atoms with Gasteiger partial charge in [-0.3, -0.25) is 19.0 Å². The van der Waals surface area contributed by atoms with E-state index in [9.17, 15) is 14.4 Å². The first-order valence-electron chi connectivity index (χ1n) is 11.5. The molecule has 0 spiro atoms. The van der Waals surface area contributed by atoms with E-state index in [1.54, 1.807) is 31.2 Å². The minimum atomic E-state index is -0.366. The zero-order chi connectivity index (χ0) is 25.8. The number of thiophene rings is 1. The first-order valence-corrected chi connectivity index (χ1v) is 12.4. The number of carbonyl (C=O) groups is 2. The van der Waals surface area contributed by atoms with Crippen LogP contribution in [0.2, 0.25) is 0 Å². The number of benzene rings is 3. The lowest BCUT2D eigenvalue weighted by atomic mass is 10.2. The van der Waals surface area contributed by atoms with Gasteiger partial charge in [0.1, 0.15) is 11.4 Å². The number of rotatable bonds is 7. The number of fused-ring (bicyclic) bond motifs is 1. The zero-order valence-electron chi connectivity index (χ0n) is 19.9. The van der Waals surface area contributed by atoms with E-state index in [1.165, 1.54) is 10.9 Å². The van der Waals surface area contributed by atoms with Gasteiger partial charge in [0.25, 0.3) is 11.5 Å². The topological polar surface area (TPSA) is 105 Å². The number of amides is 2. The highest BCUT2D eigenvalue weighted by molar-refractivity contribution is 7.20. The molecule has 9 heteroatoms. The van der Waals surface area contributed by atoms with E-state index >= 15 is 0 Å². The van der Waals surface area contributed by atoms with Crippen LogP contribution in [-0.4, -0.2) is 21.4 Å². The fourth-order valence-corrected chi connectivity index (χ4v) is 4.91. The predicted octanol–water partition coefficient (Wildman–Crippen LogP) is 5.40. The molecule has 3 N–H and O–H groups in total. The zero-order valence-corrected chi connectivity index (χ0v) is 20.7. The molecular formula is C28H23N5O3S. The Bertz CT molecular complexity index is 1630. The molecule has 2 aromatic heterocycles. The van der Waals surface area contributed by atoms with Gasteiger partial charge in [-0.15, -0.1) is 11.3 Å². The van der Waals surface area contributed by atoms with Crippen LogP contribution in [0.1, 0.15) is 15.2 Å². The molecule has 3 aromatic carbocycles. The maximum Gasteiger partial charge on any atom is 0.266 e. The van der Waals surface area contributed by atoms with E-state index in [-0.39, 0.29) is 23.9 Å². The van der Waals surface area contributed by atoms with Crippen molar-refractivity contribution in [3.05, 3.63) is 112 Å². The molecule has 2 heterocycles. The third kappa shape index (κ3) is 5.41. The fraction of sp³-hybridized carbons (Fsp3) is 0.0714. The quantitative estimate of drug-likeness (QED) is 0.272. The Labute approximate surface area is 216 Å². The lowest BCUT2D eigenvalue weighted by molar-refractivity contribution is -0.116. The standard InChI is InChI=1S/C28H23N5O3S/c1-18-24-27(37-25(18)26(35)32-20-10-6-3-7-11-20)29-17-33(28(24)36)16-23(34)31-22-14-12-21(13-15-22)30-19-8-4-2-5-9-19/h2-15,17,30H,16H2,1H3,(H,31,34)(H,32,35). The highest BCUT2D eigenvalue weighted by Crippen LogP contribution is 2.27. The Morgan fingerprint density at radius 1 is 0.811 bits per heavy atom. The van der Waals surface area contributed by atoms with Crippen molar-refractivity contribution < 1.29 is 9.59 Å². The van der Waals surface area contributed by atoms with Crippen molar-refractivity contribution in [3.63, 3.8) is 0 Å². The first kappa shape index (κ1) is 24.0. The Morgan fingerprint density at radius 2 is 1.38 bits per heavy atom. The van der Waals surface area contributed by atoms with Gasteiger partial charge in [-0.2, -0.15) is 0 Å². The number of aromatic nitrogens is 2. The van der Waals surface area contributed by atoms with Crippen molar-refractivity contribution in [1.82, 2.24) is 9.55 Å². The Morgan fingerprint density at radius 3 is 2.05 bits per heavy atom. The summed E-state index contributed by atoms with van der Waals surface area (Å²) in [6, 6.07) is 26.2. The molecule has 5 aromatic rings. The van der Waals surface area contributed by atoms with Crippen LogP contribution >= 0.6 is 11.3 Å². The molecule has 0 radical (unpaired) electrons. The number of nitrogens with one attached hydrogen (secondary N) is 3. The van der Waals surface area contributed by atoms with Gasteiger partial charge in [0.2, 0.25) is 5.91 Å². The summed E-state index contributed by atoms with van der Waals surface area (Å²) < 4.78 is 1.25. The third-order valence-corrected chi connectivity index (χ3v) is 6.90. The number of aryl methyl sites for hydroxylation is 1. The SMILES string of the molecule is Cc1c(C(=O)Nc2ccccc2)sc2ncn(CC(=O)Nc3ccc(Nc4ccccc4)cc3)c(=O)c12. The van der Waals surface area contributed by atoms with Crippen LogP contribution in [0.3, 0.4) is 0 Å². The Balaban J connectivity index is 1.28. The maximum absolute atomic E-state index is 13.2. The van der Waals surface area contributed by atoms with Gasteiger partial charge in [-0.1, -0.05) is 36.4 Å². The molecule has 0 aliphatic carbocycles. The van der Waals surface area contributed by atoms with Crippen LogP contribution in [0, 0.1) is 6.92 Å². The van der Waals surface area contributed by atoms with Gasteiger partial charge in [-0.05, 0) is 61.0 Å². The monoisotopic (exact) mass is 509 g/mol. The number of hydrogen-bond acceptors (Lipinski definition) is 6. The van der Waals surface area contributed by atoms with Gasteiger partial charge >= 0.3 is 0 Å². The molecule has 0 unspecified atom stereocenters. The van der Waals surface area contributed by atoms with Crippen LogP contribution in [0.4, 0.5) is 22.7 Å². The van der Waals surface area contributed by atoms with Gasteiger partial charge < -0.3 is 16.0 Å². The second kappa shape index (κ2) is 10.5. The van der Waals surface area contributed by atoms with Crippen molar-refractivity contribution in [3.8, 4) is 0 Å². The summed E-state index contributed by atoms with van der Waals surface area (Å²) in [5.74, 6) is -0.664. The second-order valence-corrected chi connectivity index (χ2v) is 9.35. The lowest BCUT2D eigenvalue weighted by Crippen LogP contribution is -2.28. The molecule has 5 rings (SSSR count). The van der Waals surface area contributed by atoms with Crippen molar-refractivity contribution in [2.75, 3.05) is 16.0 Å². The number of para-hydroxylation sites is 2. The number of carbonyl (C=O) groups excluding carboxylic acids is 2. The first-order chi connectivity index (χ1) is 18.0. The third-order valence-electron chi connectivity index (χ3n) is 5.70. The van der Waals surface area contributed by atoms with Gasteiger partial charge in [0.15, 0.2) is 0 Å². The molecule has 0 fully saturated rings. The van der Waals surface area contributed by atoms with E-state index in [0.29, 0.717) is 32.0 Å². The van der Waals surface area contributed by atoms with Crippen LogP contribution in [-0.2, 0) is 11.3 Å². The molecular weight excluding hydrogens is 486 g/mol. The van der Waals surface area contributed by atoms with Gasteiger partial charge in [0.05, 0.1) is 16.6 Å². The summed E-state index contributed by atoms with van der Waals surface area (Å²) in [6.45, 7) is 1.52. The molecule has 184 valence electrons. The second-order valence-electron chi connectivity index (χ2n) is 8.35. The molecule has 37 heavy (non-hydrogen) atoms. The summed E-state index contributed by atoms with van der Waals surface area (Å²) in [4.78, 5) is 43.8. The van der Waals surface area contributed by atoms with Crippen LogP contribution < -0.4 is 21.5 Å². The van der Waals surface area contributed by atoms with E-state index < -0.39 is 0 Å². The van der Waals surface area contributed by atoms with Crippen molar-refractivity contribution >= 4 is 56.1 Å². The van der Waals surface area contributed by atoms with Gasteiger partial charge in [0, 0.05) is 22.7 Å². The van der Waals surface area contributed by atoms with Crippen molar-refractivity contribution in [2.24, 2.45) is 0 Å². The van der Waals surface area contributed by atoms with E-state index in [2.05, 4.69) is 20.9 Å². The lowest BCUT2D eigenvalue weighted by Gasteiger charge is -2.09. The van der Waals surface area contributed by atoms with Crippen LogP contribution in [0.15, 0.2) is 96.1 Å². The average molecular weight is 510 g/mol. The minimum Gasteiger partial charge on any atom is -0.356 e. The summed E-state index contributed by atoms with van der Waals surface area (Å²) in [5, 5.41) is 9.27. The highest BCUT2D eigenvalue weighted by Gasteiger charge is 2.20. The molecule has 0 atom stereocenters. The summed E-state index contributed by atoms with van der Waals surface area (Å²) >= 11 is 1.15. The summed E-state index contributed by atoms with van der Waals surface area (Å²) in [7, 11) is 0. The summed E-state index contributed by atoms with van der Waals surface area (Å²) in [5.41, 5.74) is 3.30. The number of hydrogen-bond donors (Lipinski definition) is 3. The van der Waals surface area contributed by atoms with Crippen molar-refractivity contribution in [1.29, 1.82) is 0 Å². The molecule has 0 saturated carbocycles. The van der Waals surface area contributed by atoms with Crippen LogP contribution in [0.5, 0.6) is 0 Å². The molecule has 0 saturated heterocycles. The van der Waals surface area contributed by atoms with E-state index in [1.807, 2.05) is 60.7 Å². The van der Waals surface area contributed by atoms with Crippen molar-refractivity contribution in [2.45, 2.75) is 13.5 Å². The Hall–Kier alpha value is -4.76. The largest absolute Gasteiger partial charge is 0.356 e. The fourth-order valence-electron chi connectivity index (χ4n) is 3.88. The summed E-state index contributed by atoms with van der Waals surface area (Å²) in [6.07, 6.45) is 1.34. The molecule has 0 bridgehead atoms. The average Bonchev–Trinajstić information content (AvgIpc) is 3.25. The normalized spacial score (nSPS) is 10.7. The highest BCUT2D eigenvalue weighted by atomic mass is 32.1. The minimum absolute atomic E-state index is 0.202. The predicted molar refractivity (Wildman–Crippen MR) is 148 cm³/mol. The van der Waals surface area contributed by atoms with E-state index in [0.717, 1.165) is 22.7 Å². The Kier molecular flexibility index (Phi) is 6.78. The maximum atomic E-state index is 13.2.